The molecule has 4 rings (SSSR count). The number of hydrogen-bond acceptors (Lipinski definition) is 5. The van der Waals surface area contributed by atoms with Crippen LogP contribution in [0.3, 0.4) is 0 Å². The number of hydrogen-bond donors (Lipinski definition) is 0. The van der Waals surface area contributed by atoms with Gasteiger partial charge in [0.05, 0.1) is 12.5 Å². The number of amides is 2. The van der Waals surface area contributed by atoms with Crippen LogP contribution in [0.4, 0.5) is 5.69 Å². The van der Waals surface area contributed by atoms with E-state index in [1.807, 2.05) is 48.5 Å². The second-order valence-corrected chi connectivity index (χ2v) is 7.51. The zero-order valence-corrected chi connectivity index (χ0v) is 17.1. The van der Waals surface area contributed by atoms with Crippen molar-refractivity contribution in [1.29, 1.82) is 0 Å². The lowest BCUT2D eigenvalue weighted by Crippen LogP contribution is -2.35. The van der Waals surface area contributed by atoms with E-state index in [2.05, 4.69) is 0 Å². The molecule has 1 saturated heterocycles. The maximum absolute atomic E-state index is 12.8. The maximum Gasteiger partial charge on any atom is 0.227 e. The van der Waals surface area contributed by atoms with Crippen LogP contribution in [-0.4, -0.2) is 56.7 Å². The summed E-state index contributed by atoms with van der Waals surface area (Å²) in [6, 6.07) is 15.1. The second kappa shape index (κ2) is 9.07. The largest absolute Gasteiger partial charge is 0.494 e. The standard InChI is InChI=1S/C23H26N2O5/c1-24(10-5-11-28-19-6-3-2-4-7-19)23(27)17-14-22(26)25(16-17)18-8-9-20-21(15-18)30-13-12-29-20/h2-4,6-9,15,17H,5,10-14,16H2,1H3. The van der Waals surface area contributed by atoms with Crippen LogP contribution in [0.15, 0.2) is 48.5 Å². The molecule has 2 amide bonds. The SMILES string of the molecule is CN(CCCOc1ccccc1)C(=O)C1CC(=O)N(c2ccc3c(c2)OCCO3)C1. The van der Waals surface area contributed by atoms with Crippen LogP contribution in [0.5, 0.6) is 17.2 Å². The quantitative estimate of drug-likeness (QED) is 0.657. The van der Waals surface area contributed by atoms with Crippen molar-refractivity contribution < 1.29 is 23.8 Å². The smallest absolute Gasteiger partial charge is 0.227 e. The number of rotatable bonds is 7. The summed E-state index contributed by atoms with van der Waals surface area (Å²) < 4.78 is 16.8. The van der Waals surface area contributed by atoms with Crippen LogP contribution in [0.2, 0.25) is 0 Å². The molecule has 0 aliphatic carbocycles. The highest BCUT2D eigenvalue weighted by Gasteiger charge is 2.36. The summed E-state index contributed by atoms with van der Waals surface area (Å²) in [7, 11) is 1.78. The average molecular weight is 410 g/mol. The number of nitrogens with zero attached hydrogens (tertiary/aromatic N) is 2. The van der Waals surface area contributed by atoms with Crippen LogP contribution in [0, 0.1) is 5.92 Å². The predicted molar refractivity (Wildman–Crippen MR) is 112 cm³/mol. The van der Waals surface area contributed by atoms with Gasteiger partial charge in [-0.1, -0.05) is 18.2 Å². The topological polar surface area (TPSA) is 68.3 Å². The van der Waals surface area contributed by atoms with E-state index in [1.54, 1.807) is 16.8 Å². The number of para-hydroxylation sites is 1. The van der Waals surface area contributed by atoms with Crippen molar-refractivity contribution in [2.24, 2.45) is 5.92 Å². The van der Waals surface area contributed by atoms with Crippen molar-refractivity contribution in [2.45, 2.75) is 12.8 Å². The van der Waals surface area contributed by atoms with Gasteiger partial charge in [0.15, 0.2) is 11.5 Å². The molecule has 2 aliphatic heterocycles. The molecule has 0 bridgehead atoms. The highest BCUT2D eigenvalue weighted by Crippen LogP contribution is 2.36. The van der Waals surface area contributed by atoms with E-state index in [0.717, 1.165) is 17.9 Å². The molecule has 0 N–H and O–H groups in total. The maximum atomic E-state index is 12.8. The monoisotopic (exact) mass is 410 g/mol. The molecule has 158 valence electrons. The third-order valence-corrected chi connectivity index (χ3v) is 5.34. The first-order valence-electron chi connectivity index (χ1n) is 10.2. The lowest BCUT2D eigenvalue weighted by Gasteiger charge is -2.23. The van der Waals surface area contributed by atoms with Crippen LogP contribution in [0.25, 0.3) is 0 Å². The fourth-order valence-electron chi connectivity index (χ4n) is 3.75. The first-order valence-corrected chi connectivity index (χ1v) is 10.2. The fourth-order valence-corrected chi connectivity index (χ4v) is 3.75. The van der Waals surface area contributed by atoms with Gasteiger partial charge in [-0.15, -0.1) is 0 Å². The van der Waals surface area contributed by atoms with Crippen molar-refractivity contribution >= 4 is 17.5 Å². The molecule has 7 nitrogen and oxygen atoms in total. The molecule has 1 fully saturated rings. The van der Waals surface area contributed by atoms with E-state index < -0.39 is 0 Å². The number of ether oxygens (including phenoxy) is 3. The second-order valence-electron chi connectivity index (χ2n) is 7.51. The van der Waals surface area contributed by atoms with Crippen LogP contribution < -0.4 is 19.1 Å². The van der Waals surface area contributed by atoms with Gasteiger partial charge in [0.2, 0.25) is 11.8 Å². The van der Waals surface area contributed by atoms with Crippen LogP contribution in [-0.2, 0) is 9.59 Å². The Labute approximate surface area is 176 Å². The first-order chi connectivity index (χ1) is 14.6. The summed E-state index contributed by atoms with van der Waals surface area (Å²) in [5, 5.41) is 0. The molecule has 2 heterocycles. The van der Waals surface area contributed by atoms with E-state index in [9.17, 15) is 9.59 Å². The lowest BCUT2D eigenvalue weighted by molar-refractivity contribution is -0.134. The highest BCUT2D eigenvalue weighted by atomic mass is 16.6. The van der Waals surface area contributed by atoms with Crippen LogP contribution >= 0.6 is 0 Å². The van der Waals surface area contributed by atoms with Gasteiger partial charge in [0.25, 0.3) is 0 Å². The molecule has 1 atom stereocenters. The Balaban J connectivity index is 1.29. The van der Waals surface area contributed by atoms with Gasteiger partial charge < -0.3 is 24.0 Å². The molecule has 0 radical (unpaired) electrons. The predicted octanol–water partition coefficient (Wildman–Crippen LogP) is 2.74. The highest BCUT2D eigenvalue weighted by molar-refractivity contribution is 6.00. The number of carbonyl (C=O) groups is 2. The minimum Gasteiger partial charge on any atom is -0.494 e. The summed E-state index contributed by atoms with van der Waals surface area (Å²) in [6.07, 6.45) is 0.946. The minimum atomic E-state index is -0.342. The van der Waals surface area contributed by atoms with Crippen molar-refractivity contribution in [1.82, 2.24) is 4.90 Å². The van der Waals surface area contributed by atoms with Crippen molar-refractivity contribution in [3.05, 3.63) is 48.5 Å². The first kappa shape index (κ1) is 20.1. The Hall–Kier alpha value is -3.22. The fraction of sp³-hybridized carbons (Fsp3) is 0.391. The zero-order valence-electron chi connectivity index (χ0n) is 17.1. The Bertz CT molecular complexity index is 902. The Morgan fingerprint density at radius 3 is 2.70 bits per heavy atom. The van der Waals surface area contributed by atoms with Gasteiger partial charge in [0, 0.05) is 38.3 Å². The average Bonchev–Trinajstić information content (AvgIpc) is 3.18. The van der Waals surface area contributed by atoms with Gasteiger partial charge in [0.1, 0.15) is 19.0 Å². The van der Waals surface area contributed by atoms with Gasteiger partial charge in [-0.25, -0.2) is 0 Å². The van der Waals surface area contributed by atoms with E-state index in [-0.39, 0.29) is 24.2 Å². The van der Waals surface area contributed by atoms with Crippen molar-refractivity contribution in [3.63, 3.8) is 0 Å². The summed E-state index contributed by atoms with van der Waals surface area (Å²) in [5.41, 5.74) is 0.735. The Kier molecular flexibility index (Phi) is 6.07. The molecule has 2 aromatic rings. The normalized spacial score (nSPS) is 17.7. The van der Waals surface area contributed by atoms with E-state index >= 15 is 0 Å². The number of anilines is 1. The molecular formula is C23H26N2O5. The number of fused-ring (bicyclic) bond motifs is 1. The Morgan fingerprint density at radius 2 is 1.90 bits per heavy atom. The minimum absolute atomic E-state index is 0.0110. The van der Waals surface area contributed by atoms with E-state index in [1.165, 1.54) is 0 Å². The zero-order chi connectivity index (χ0) is 20.9. The summed E-state index contributed by atoms with van der Waals surface area (Å²) >= 11 is 0. The van der Waals surface area contributed by atoms with Gasteiger partial charge in [-0.05, 0) is 30.7 Å². The molecule has 2 aliphatic rings. The van der Waals surface area contributed by atoms with Gasteiger partial charge >= 0.3 is 0 Å². The number of benzene rings is 2. The molecule has 0 spiro atoms. The molecule has 0 saturated carbocycles. The third kappa shape index (κ3) is 4.50. The summed E-state index contributed by atoms with van der Waals surface area (Å²) in [6.45, 7) is 2.51. The van der Waals surface area contributed by atoms with Gasteiger partial charge in [-0.3, -0.25) is 9.59 Å². The lowest BCUT2D eigenvalue weighted by atomic mass is 10.1. The van der Waals surface area contributed by atoms with E-state index in [0.29, 0.717) is 44.4 Å². The van der Waals surface area contributed by atoms with E-state index in [4.69, 9.17) is 14.2 Å². The Morgan fingerprint density at radius 1 is 1.13 bits per heavy atom. The summed E-state index contributed by atoms with van der Waals surface area (Å²) in [4.78, 5) is 28.7. The van der Waals surface area contributed by atoms with Crippen molar-refractivity contribution in [3.8, 4) is 17.2 Å². The molecule has 7 heteroatoms. The molecule has 30 heavy (non-hydrogen) atoms. The molecular weight excluding hydrogens is 384 g/mol. The molecule has 1 unspecified atom stereocenters. The van der Waals surface area contributed by atoms with Gasteiger partial charge in [-0.2, -0.15) is 0 Å². The summed E-state index contributed by atoms with van der Waals surface area (Å²) in [5.74, 6) is 1.74. The van der Waals surface area contributed by atoms with Crippen molar-refractivity contribution in [2.75, 3.05) is 44.9 Å². The number of carbonyl (C=O) groups excluding carboxylic acids is 2. The third-order valence-electron chi connectivity index (χ3n) is 5.34. The van der Waals surface area contributed by atoms with Crippen LogP contribution in [0.1, 0.15) is 12.8 Å². The molecule has 2 aromatic carbocycles. The molecule has 0 aromatic heterocycles.